The fourth-order valence-corrected chi connectivity index (χ4v) is 4.04. The summed E-state index contributed by atoms with van der Waals surface area (Å²) in [5.41, 5.74) is 0.864. The summed E-state index contributed by atoms with van der Waals surface area (Å²) in [7, 11) is 0. The van der Waals surface area contributed by atoms with E-state index in [0.29, 0.717) is 49.3 Å². The van der Waals surface area contributed by atoms with Crippen LogP contribution in [0.1, 0.15) is 44.9 Å². The van der Waals surface area contributed by atoms with Gasteiger partial charge < -0.3 is 19.9 Å². The van der Waals surface area contributed by atoms with Crippen LogP contribution in [-0.2, 0) is 11.2 Å². The molecule has 2 aromatic rings. The highest BCUT2D eigenvalue weighted by molar-refractivity contribution is 5.76. The third-order valence-corrected chi connectivity index (χ3v) is 5.30. The van der Waals surface area contributed by atoms with Gasteiger partial charge in [-0.15, -0.1) is 0 Å². The number of fused-ring (bicyclic) bond motifs is 2. The molecule has 3 heterocycles. The molecule has 0 saturated carbocycles. The van der Waals surface area contributed by atoms with Crippen LogP contribution in [0.5, 0.6) is 5.75 Å². The molecule has 2 bridgehead atoms. The average Bonchev–Trinajstić information content (AvgIpc) is 3.27. The SMILES string of the molecule is CCOc1ccc(-c2noc(CCC(=O)NC3CC4CCC(C3)N4)n2)cc1. The molecule has 4 rings (SSSR count). The molecule has 0 aliphatic carbocycles. The van der Waals surface area contributed by atoms with Crippen LogP contribution in [0, 0.1) is 0 Å². The zero-order valence-corrected chi connectivity index (χ0v) is 15.6. The Labute approximate surface area is 158 Å². The fourth-order valence-electron chi connectivity index (χ4n) is 4.04. The molecule has 7 heteroatoms. The molecule has 1 aromatic heterocycles. The van der Waals surface area contributed by atoms with Crippen molar-refractivity contribution in [2.24, 2.45) is 0 Å². The summed E-state index contributed by atoms with van der Waals surface area (Å²) in [6.07, 6.45) is 5.34. The summed E-state index contributed by atoms with van der Waals surface area (Å²) in [5, 5.41) is 10.8. The molecule has 2 aliphatic heterocycles. The highest BCUT2D eigenvalue weighted by Crippen LogP contribution is 2.27. The Morgan fingerprint density at radius 3 is 2.70 bits per heavy atom. The molecule has 7 nitrogen and oxygen atoms in total. The summed E-state index contributed by atoms with van der Waals surface area (Å²) in [5.74, 6) is 1.89. The van der Waals surface area contributed by atoms with Gasteiger partial charge in [0.05, 0.1) is 6.61 Å². The Bertz CT molecular complexity index is 762. The molecule has 144 valence electrons. The lowest BCUT2D eigenvalue weighted by molar-refractivity contribution is -0.122. The number of nitrogens with zero attached hydrogens (tertiary/aromatic N) is 2. The number of hydrogen-bond acceptors (Lipinski definition) is 6. The summed E-state index contributed by atoms with van der Waals surface area (Å²) >= 11 is 0. The molecule has 2 fully saturated rings. The Morgan fingerprint density at radius 2 is 2.00 bits per heavy atom. The predicted molar refractivity (Wildman–Crippen MR) is 100 cm³/mol. The van der Waals surface area contributed by atoms with E-state index in [1.165, 1.54) is 12.8 Å². The molecule has 2 atom stereocenters. The number of hydrogen-bond donors (Lipinski definition) is 2. The molecule has 2 N–H and O–H groups in total. The van der Waals surface area contributed by atoms with Crippen molar-refractivity contribution in [3.8, 4) is 17.1 Å². The maximum absolute atomic E-state index is 12.3. The van der Waals surface area contributed by atoms with Crippen LogP contribution in [0.3, 0.4) is 0 Å². The van der Waals surface area contributed by atoms with Gasteiger partial charge in [0.2, 0.25) is 17.6 Å². The van der Waals surface area contributed by atoms with Gasteiger partial charge in [-0.1, -0.05) is 5.16 Å². The third-order valence-electron chi connectivity index (χ3n) is 5.30. The maximum atomic E-state index is 12.3. The van der Waals surface area contributed by atoms with E-state index in [0.717, 1.165) is 24.2 Å². The monoisotopic (exact) mass is 370 g/mol. The summed E-state index contributed by atoms with van der Waals surface area (Å²) < 4.78 is 10.7. The quantitative estimate of drug-likeness (QED) is 0.778. The van der Waals surface area contributed by atoms with Gasteiger partial charge in [0, 0.05) is 36.5 Å². The van der Waals surface area contributed by atoms with Gasteiger partial charge in [0.1, 0.15) is 5.75 Å². The summed E-state index contributed by atoms with van der Waals surface area (Å²) in [4.78, 5) is 16.7. The van der Waals surface area contributed by atoms with E-state index in [2.05, 4.69) is 20.8 Å². The van der Waals surface area contributed by atoms with Crippen molar-refractivity contribution >= 4 is 5.91 Å². The van der Waals surface area contributed by atoms with Crippen molar-refractivity contribution in [1.82, 2.24) is 20.8 Å². The van der Waals surface area contributed by atoms with Crippen LogP contribution in [0.4, 0.5) is 0 Å². The first-order valence-corrected chi connectivity index (χ1v) is 9.81. The van der Waals surface area contributed by atoms with Crippen molar-refractivity contribution in [3.05, 3.63) is 30.2 Å². The van der Waals surface area contributed by atoms with Crippen LogP contribution in [0.25, 0.3) is 11.4 Å². The number of carbonyl (C=O) groups excluding carboxylic acids is 1. The largest absolute Gasteiger partial charge is 0.494 e. The lowest BCUT2D eigenvalue weighted by Crippen LogP contribution is -2.48. The first-order valence-electron chi connectivity index (χ1n) is 9.81. The number of aryl methyl sites for hydroxylation is 1. The molecule has 2 saturated heterocycles. The van der Waals surface area contributed by atoms with Gasteiger partial charge >= 0.3 is 0 Å². The molecular formula is C20H26N4O3. The lowest BCUT2D eigenvalue weighted by Gasteiger charge is -2.29. The first kappa shape index (κ1) is 18.0. The van der Waals surface area contributed by atoms with Crippen molar-refractivity contribution in [1.29, 1.82) is 0 Å². The van der Waals surface area contributed by atoms with Crippen LogP contribution < -0.4 is 15.4 Å². The Kier molecular flexibility index (Phi) is 5.38. The number of carbonyl (C=O) groups is 1. The van der Waals surface area contributed by atoms with Crippen LogP contribution in [0.2, 0.25) is 0 Å². The molecule has 0 radical (unpaired) electrons. The summed E-state index contributed by atoms with van der Waals surface area (Å²) in [6.45, 7) is 2.58. The highest BCUT2D eigenvalue weighted by Gasteiger charge is 2.33. The molecule has 1 amide bonds. The van der Waals surface area contributed by atoms with E-state index in [1.807, 2.05) is 31.2 Å². The molecule has 27 heavy (non-hydrogen) atoms. The first-order chi connectivity index (χ1) is 13.2. The molecule has 1 aromatic carbocycles. The highest BCUT2D eigenvalue weighted by atomic mass is 16.5. The molecule has 2 unspecified atom stereocenters. The van der Waals surface area contributed by atoms with E-state index >= 15 is 0 Å². The standard InChI is InChI=1S/C20H26N4O3/c1-2-26-17-7-3-13(4-8-17)20-23-19(27-24-20)10-9-18(25)22-16-11-14-5-6-15(12-16)21-14/h3-4,7-8,14-16,21H,2,5-6,9-12H2,1H3,(H,22,25). The average molecular weight is 370 g/mol. The molecular weight excluding hydrogens is 344 g/mol. The van der Waals surface area contributed by atoms with E-state index < -0.39 is 0 Å². The van der Waals surface area contributed by atoms with Gasteiger partial charge in [-0.05, 0) is 56.9 Å². The van der Waals surface area contributed by atoms with E-state index in [9.17, 15) is 4.79 Å². The van der Waals surface area contributed by atoms with Crippen molar-refractivity contribution in [3.63, 3.8) is 0 Å². The van der Waals surface area contributed by atoms with Gasteiger partial charge in [0.25, 0.3) is 0 Å². The maximum Gasteiger partial charge on any atom is 0.227 e. The normalized spacial score (nSPS) is 24.0. The second-order valence-corrected chi connectivity index (χ2v) is 7.34. The second kappa shape index (κ2) is 8.08. The van der Waals surface area contributed by atoms with Crippen molar-refractivity contribution < 1.29 is 14.1 Å². The van der Waals surface area contributed by atoms with Crippen molar-refractivity contribution in [2.45, 2.75) is 63.6 Å². The zero-order valence-electron chi connectivity index (χ0n) is 15.6. The summed E-state index contributed by atoms with van der Waals surface area (Å²) in [6, 6.07) is 9.00. The van der Waals surface area contributed by atoms with Gasteiger partial charge in [-0.3, -0.25) is 4.79 Å². The van der Waals surface area contributed by atoms with Gasteiger partial charge in [-0.25, -0.2) is 0 Å². The van der Waals surface area contributed by atoms with Crippen LogP contribution >= 0.6 is 0 Å². The van der Waals surface area contributed by atoms with E-state index in [1.54, 1.807) is 0 Å². The number of piperidine rings is 1. The topological polar surface area (TPSA) is 89.3 Å². The number of ether oxygens (including phenoxy) is 1. The minimum absolute atomic E-state index is 0.0575. The van der Waals surface area contributed by atoms with E-state index in [4.69, 9.17) is 9.26 Å². The number of benzene rings is 1. The Balaban J connectivity index is 1.27. The minimum atomic E-state index is 0.0575. The van der Waals surface area contributed by atoms with Crippen LogP contribution in [0.15, 0.2) is 28.8 Å². The van der Waals surface area contributed by atoms with E-state index in [-0.39, 0.29) is 5.91 Å². The van der Waals surface area contributed by atoms with Gasteiger partial charge in [-0.2, -0.15) is 4.98 Å². The zero-order chi connectivity index (χ0) is 18.6. The minimum Gasteiger partial charge on any atom is -0.494 e. The van der Waals surface area contributed by atoms with Gasteiger partial charge in [0.15, 0.2) is 0 Å². The smallest absolute Gasteiger partial charge is 0.227 e. The number of aromatic nitrogens is 2. The Hall–Kier alpha value is -2.41. The number of nitrogens with one attached hydrogen (secondary N) is 2. The number of amides is 1. The van der Waals surface area contributed by atoms with Crippen LogP contribution in [-0.4, -0.2) is 40.8 Å². The number of rotatable bonds is 7. The third kappa shape index (κ3) is 4.47. The predicted octanol–water partition coefficient (Wildman–Crippen LogP) is 2.47. The molecule has 2 aliphatic rings. The fraction of sp³-hybridized carbons (Fsp3) is 0.550. The van der Waals surface area contributed by atoms with Crippen molar-refractivity contribution in [2.75, 3.05) is 6.61 Å². The Morgan fingerprint density at radius 1 is 1.26 bits per heavy atom. The lowest BCUT2D eigenvalue weighted by atomic mass is 9.99. The molecule has 0 spiro atoms. The second-order valence-electron chi connectivity index (χ2n) is 7.34.